The lowest BCUT2D eigenvalue weighted by atomic mass is 10.1. The maximum Gasteiger partial charge on any atom is 0.213 e. The summed E-state index contributed by atoms with van der Waals surface area (Å²) in [6, 6.07) is 9.79. The molecule has 0 aliphatic carbocycles. The first-order chi connectivity index (χ1) is 12.4. The van der Waals surface area contributed by atoms with Crippen molar-refractivity contribution in [1.29, 1.82) is 5.26 Å². The van der Waals surface area contributed by atoms with Gasteiger partial charge >= 0.3 is 0 Å². The molecule has 0 fully saturated rings. The van der Waals surface area contributed by atoms with Gasteiger partial charge in [-0.3, -0.25) is 4.79 Å². The molecule has 0 N–H and O–H groups in total. The van der Waals surface area contributed by atoms with E-state index in [1.54, 1.807) is 18.3 Å². The van der Waals surface area contributed by atoms with E-state index in [1.165, 1.54) is 11.3 Å². The van der Waals surface area contributed by atoms with Gasteiger partial charge in [0.25, 0.3) is 0 Å². The molecule has 0 atom stereocenters. The van der Waals surface area contributed by atoms with E-state index in [2.05, 4.69) is 29.6 Å². The van der Waals surface area contributed by atoms with Gasteiger partial charge in [-0.25, -0.2) is 4.68 Å². The van der Waals surface area contributed by atoms with Crippen LogP contribution in [-0.2, 0) is 0 Å². The van der Waals surface area contributed by atoms with E-state index in [1.807, 2.05) is 42.1 Å². The Morgan fingerprint density at radius 2 is 2.12 bits per heavy atom. The number of carbonyl (C=O) groups is 1. The summed E-state index contributed by atoms with van der Waals surface area (Å²) in [6.45, 7) is 8.16. The zero-order chi connectivity index (χ0) is 18.8. The highest BCUT2D eigenvalue weighted by Gasteiger charge is 2.17. The van der Waals surface area contributed by atoms with Crippen LogP contribution in [0.3, 0.4) is 0 Å². The summed E-state index contributed by atoms with van der Waals surface area (Å²) in [4.78, 5) is 13.1. The van der Waals surface area contributed by atoms with Gasteiger partial charge in [0, 0.05) is 23.5 Å². The molecule has 0 aromatic carbocycles. The van der Waals surface area contributed by atoms with Crippen LogP contribution in [0.15, 0.2) is 41.4 Å². The van der Waals surface area contributed by atoms with Crippen LogP contribution in [-0.4, -0.2) is 20.1 Å². The Kier molecular flexibility index (Phi) is 4.92. The standard InChI is InChI=1S/C20H20N4OS/c1-13(2)24-19(7-8-22-24)23-14(3)10-16(15(23)4)11-17(12-21)20(25)18-6-5-9-26-18/h5-11,13H,1-4H3/b17-11+. The largest absolute Gasteiger partial charge is 0.303 e. The molecule has 132 valence electrons. The van der Waals surface area contributed by atoms with Gasteiger partial charge in [0.2, 0.25) is 5.78 Å². The Bertz CT molecular complexity index is 1010. The molecule has 0 amide bonds. The lowest BCUT2D eigenvalue weighted by Crippen LogP contribution is -2.11. The number of Topliss-reactive ketones (excluding diaryl/α,β-unsaturated/α-hetero) is 1. The maximum atomic E-state index is 12.5. The molecule has 0 radical (unpaired) electrons. The topological polar surface area (TPSA) is 63.6 Å². The van der Waals surface area contributed by atoms with Gasteiger partial charge in [-0.1, -0.05) is 6.07 Å². The van der Waals surface area contributed by atoms with Crippen LogP contribution in [0.1, 0.15) is 46.5 Å². The van der Waals surface area contributed by atoms with Crippen LogP contribution in [0, 0.1) is 25.2 Å². The fourth-order valence-electron chi connectivity index (χ4n) is 3.01. The van der Waals surface area contributed by atoms with Crippen molar-refractivity contribution in [2.24, 2.45) is 0 Å². The Morgan fingerprint density at radius 1 is 1.35 bits per heavy atom. The van der Waals surface area contributed by atoms with E-state index in [9.17, 15) is 10.1 Å². The van der Waals surface area contributed by atoms with Crippen LogP contribution < -0.4 is 0 Å². The first kappa shape index (κ1) is 17.9. The van der Waals surface area contributed by atoms with Gasteiger partial charge < -0.3 is 4.57 Å². The number of rotatable bonds is 5. The lowest BCUT2D eigenvalue weighted by molar-refractivity contribution is 0.104. The number of ketones is 1. The van der Waals surface area contributed by atoms with E-state index < -0.39 is 0 Å². The summed E-state index contributed by atoms with van der Waals surface area (Å²) >= 11 is 1.34. The maximum absolute atomic E-state index is 12.5. The van der Waals surface area contributed by atoms with E-state index in [4.69, 9.17) is 0 Å². The normalized spacial score (nSPS) is 11.8. The first-order valence-corrected chi connectivity index (χ1v) is 9.24. The van der Waals surface area contributed by atoms with Gasteiger partial charge in [0.1, 0.15) is 17.5 Å². The van der Waals surface area contributed by atoms with Crippen LogP contribution in [0.4, 0.5) is 0 Å². The third-order valence-corrected chi connectivity index (χ3v) is 5.12. The quantitative estimate of drug-likeness (QED) is 0.374. The summed E-state index contributed by atoms with van der Waals surface area (Å²) in [5, 5.41) is 15.7. The lowest BCUT2D eigenvalue weighted by Gasteiger charge is -2.15. The van der Waals surface area contributed by atoms with E-state index in [0.717, 1.165) is 22.8 Å². The number of hydrogen-bond acceptors (Lipinski definition) is 4. The summed E-state index contributed by atoms with van der Waals surface area (Å²) < 4.78 is 4.05. The molecular weight excluding hydrogens is 344 g/mol. The molecule has 0 aliphatic heterocycles. The smallest absolute Gasteiger partial charge is 0.213 e. The van der Waals surface area contributed by atoms with Crippen molar-refractivity contribution in [3.63, 3.8) is 0 Å². The van der Waals surface area contributed by atoms with Crippen molar-refractivity contribution >= 4 is 23.2 Å². The fraction of sp³-hybridized carbons (Fsp3) is 0.250. The molecule has 5 nitrogen and oxygen atoms in total. The van der Waals surface area contributed by atoms with Crippen LogP contribution in [0.5, 0.6) is 0 Å². The molecule has 0 spiro atoms. The molecule has 0 saturated carbocycles. The molecule has 0 unspecified atom stereocenters. The molecule has 3 heterocycles. The summed E-state index contributed by atoms with van der Waals surface area (Å²) in [6.07, 6.45) is 3.46. The predicted octanol–water partition coefficient (Wildman–Crippen LogP) is 4.72. The minimum absolute atomic E-state index is 0.144. The third kappa shape index (κ3) is 3.14. The van der Waals surface area contributed by atoms with Crippen LogP contribution in [0.25, 0.3) is 11.9 Å². The summed E-state index contributed by atoms with van der Waals surface area (Å²) in [5.74, 6) is 0.734. The zero-order valence-corrected chi connectivity index (χ0v) is 16.0. The second-order valence-electron chi connectivity index (χ2n) is 6.37. The Morgan fingerprint density at radius 3 is 2.73 bits per heavy atom. The molecule has 3 aromatic heterocycles. The second kappa shape index (κ2) is 7.14. The minimum atomic E-state index is -0.237. The SMILES string of the molecule is Cc1cc(/C=C(\C#N)C(=O)c2cccs2)c(C)n1-c1ccnn1C(C)C. The monoisotopic (exact) mass is 364 g/mol. The van der Waals surface area contributed by atoms with Crippen molar-refractivity contribution in [2.75, 3.05) is 0 Å². The minimum Gasteiger partial charge on any atom is -0.303 e. The van der Waals surface area contributed by atoms with Crippen molar-refractivity contribution in [3.8, 4) is 11.9 Å². The van der Waals surface area contributed by atoms with E-state index >= 15 is 0 Å². The number of thiophene rings is 1. The summed E-state index contributed by atoms with van der Waals surface area (Å²) in [7, 11) is 0. The van der Waals surface area contributed by atoms with Gasteiger partial charge in [-0.2, -0.15) is 10.4 Å². The molecule has 6 heteroatoms. The number of aromatic nitrogens is 3. The number of hydrogen-bond donors (Lipinski definition) is 0. The molecule has 0 bridgehead atoms. The molecule has 26 heavy (non-hydrogen) atoms. The Labute approximate surface area is 156 Å². The molecule has 0 saturated heterocycles. The van der Waals surface area contributed by atoms with Gasteiger partial charge in [-0.15, -0.1) is 11.3 Å². The van der Waals surface area contributed by atoms with E-state index in [-0.39, 0.29) is 17.4 Å². The van der Waals surface area contributed by atoms with Gasteiger partial charge in [0.05, 0.1) is 11.1 Å². The van der Waals surface area contributed by atoms with Crippen molar-refractivity contribution < 1.29 is 4.79 Å². The average Bonchev–Trinajstić information content (AvgIpc) is 3.33. The number of nitriles is 1. The average molecular weight is 364 g/mol. The number of aryl methyl sites for hydroxylation is 1. The molecule has 0 aliphatic rings. The zero-order valence-electron chi connectivity index (χ0n) is 15.2. The predicted molar refractivity (Wildman–Crippen MR) is 104 cm³/mol. The number of nitrogens with zero attached hydrogens (tertiary/aromatic N) is 4. The fourth-order valence-corrected chi connectivity index (χ4v) is 3.69. The highest BCUT2D eigenvalue weighted by Crippen LogP contribution is 2.25. The second-order valence-corrected chi connectivity index (χ2v) is 7.31. The Balaban J connectivity index is 2.07. The molecular formula is C20H20N4OS. The Hall–Kier alpha value is -2.91. The van der Waals surface area contributed by atoms with Gasteiger partial charge in [0.15, 0.2) is 0 Å². The van der Waals surface area contributed by atoms with Crippen molar-refractivity contribution in [3.05, 3.63) is 63.2 Å². The molecule has 3 aromatic rings. The van der Waals surface area contributed by atoms with Crippen LogP contribution in [0.2, 0.25) is 0 Å². The highest BCUT2D eigenvalue weighted by atomic mass is 32.1. The van der Waals surface area contributed by atoms with E-state index in [0.29, 0.717) is 4.88 Å². The highest BCUT2D eigenvalue weighted by molar-refractivity contribution is 7.12. The van der Waals surface area contributed by atoms with Crippen molar-refractivity contribution in [1.82, 2.24) is 14.3 Å². The van der Waals surface area contributed by atoms with Gasteiger partial charge in [-0.05, 0) is 56.8 Å². The summed E-state index contributed by atoms with van der Waals surface area (Å²) in [5.41, 5.74) is 3.00. The molecule has 3 rings (SSSR count). The first-order valence-electron chi connectivity index (χ1n) is 8.37. The van der Waals surface area contributed by atoms with Crippen molar-refractivity contribution in [2.45, 2.75) is 33.7 Å². The van der Waals surface area contributed by atoms with Crippen LogP contribution >= 0.6 is 11.3 Å². The third-order valence-electron chi connectivity index (χ3n) is 4.25. The number of carbonyl (C=O) groups excluding carboxylic acids is 1. The number of allylic oxidation sites excluding steroid dienone is 1.